The Hall–Kier alpha value is -0.420. The third-order valence-electron chi connectivity index (χ3n) is 3.08. The van der Waals surface area contributed by atoms with Crippen LogP contribution in [0.5, 0.6) is 0 Å². The molecule has 2 heterocycles. The number of hydrogen-bond acceptors (Lipinski definition) is 4. The lowest BCUT2D eigenvalue weighted by Gasteiger charge is -2.29. The zero-order chi connectivity index (χ0) is 11.2. The maximum atomic E-state index is 9.39. The van der Waals surface area contributed by atoms with E-state index in [1.54, 1.807) is 11.3 Å². The largest absolute Gasteiger partial charge is 0.395 e. The Morgan fingerprint density at radius 2 is 2.56 bits per heavy atom. The van der Waals surface area contributed by atoms with Crippen molar-refractivity contribution in [2.45, 2.75) is 25.4 Å². The van der Waals surface area contributed by atoms with Gasteiger partial charge in [-0.25, -0.2) is 0 Å². The van der Waals surface area contributed by atoms with Crippen molar-refractivity contribution in [3.05, 3.63) is 22.4 Å². The van der Waals surface area contributed by atoms with Gasteiger partial charge in [0.05, 0.1) is 13.2 Å². The summed E-state index contributed by atoms with van der Waals surface area (Å²) in [6.07, 6.45) is 2.27. The van der Waals surface area contributed by atoms with Crippen LogP contribution in [0.2, 0.25) is 0 Å². The number of aliphatic hydroxyl groups is 1. The minimum atomic E-state index is 0.169. The van der Waals surface area contributed by atoms with Crippen LogP contribution >= 0.6 is 11.3 Å². The van der Waals surface area contributed by atoms with E-state index in [1.165, 1.54) is 4.88 Å². The van der Waals surface area contributed by atoms with E-state index in [2.05, 4.69) is 22.8 Å². The van der Waals surface area contributed by atoms with Gasteiger partial charge in [-0.2, -0.15) is 0 Å². The molecule has 0 radical (unpaired) electrons. The molecule has 0 aromatic carbocycles. The third kappa shape index (κ3) is 3.28. The SMILES string of the molecule is OCC(NCc1cccs1)C1CCCOC1. The van der Waals surface area contributed by atoms with Crippen LogP contribution in [0.15, 0.2) is 17.5 Å². The smallest absolute Gasteiger partial charge is 0.0588 e. The Morgan fingerprint density at radius 1 is 1.62 bits per heavy atom. The highest BCUT2D eigenvalue weighted by molar-refractivity contribution is 7.09. The van der Waals surface area contributed by atoms with Gasteiger partial charge in [0, 0.05) is 24.1 Å². The molecule has 1 aliphatic heterocycles. The Balaban J connectivity index is 1.80. The van der Waals surface area contributed by atoms with E-state index >= 15 is 0 Å². The molecule has 0 aliphatic carbocycles. The molecular weight excluding hydrogens is 222 g/mol. The Labute approximate surface area is 100 Å². The Bertz CT molecular complexity index is 283. The van der Waals surface area contributed by atoms with Crippen molar-refractivity contribution in [1.29, 1.82) is 0 Å². The first-order valence-corrected chi connectivity index (χ1v) is 6.72. The average molecular weight is 241 g/mol. The molecule has 0 spiro atoms. The first kappa shape index (κ1) is 12.0. The molecule has 1 fully saturated rings. The molecule has 4 heteroatoms. The molecule has 1 aromatic rings. The van der Waals surface area contributed by atoms with Gasteiger partial charge >= 0.3 is 0 Å². The van der Waals surface area contributed by atoms with Gasteiger partial charge in [-0.05, 0) is 30.2 Å². The van der Waals surface area contributed by atoms with E-state index in [-0.39, 0.29) is 12.6 Å². The summed E-state index contributed by atoms with van der Waals surface area (Å²) in [6.45, 7) is 2.70. The van der Waals surface area contributed by atoms with Crippen LogP contribution in [0.4, 0.5) is 0 Å². The first-order chi connectivity index (χ1) is 7.90. The molecule has 1 aromatic heterocycles. The van der Waals surface area contributed by atoms with Crippen molar-refractivity contribution in [1.82, 2.24) is 5.32 Å². The van der Waals surface area contributed by atoms with Gasteiger partial charge in [0.1, 0.15) is 0 Å². The standard InChI is InChI=1S/C12H19NO2S/c14-8-12(10-3-1-5-15-9-10)13-7-11-4-2-6-16-11/h2,4,6,10,12-14H,1,3,5,7-9H2. The summed E-state index contributed by atoms with van der Waals surface area (Å²) < 4.78 is 5.45. The zero-order valence-electron chi connectivity index (χ0n) is 9.39. The van der Waals surface area contributed by atoms with E-state index in [0.717, 1.165) is 32.6 Å². The zero-order valence-corrected chi connectivity index (χ0v) is 10.2. The van der Waals surface area contributed by atoms with Crippen LogP contribution in [0.3, 0.4) is 0 Å². The van der Waals surface area contributed by atoms with Gasteiger partial charge in [-0.1, -0.05) is 6.07 Å². The minimum Gasteiger partial charge on any atom is -0.395 e. The second-order valence-electron chi connectivity index (χ2n) is 4.23. The predicted molar refractivity (Wildman–Crippen MR) is 65.6 cm³/mol. The van der Waals surface area contributed by atoms with Crippen molar-refractivity contribution in [3.63, 3.8) is 0 Å². The van der Waals surface area contributed by atoms with Gasteiger partial charge in [0.2, 0.25) is 0 Å². The monoisotopic (exact) mass is 241 g/mol. The van der Waals surface area contributed by atoms with E-state index in [1.807, 2.05) is 0 Å². The molecule has 16 heavy (non-hydrogen) atoms. The summed E-state index contributed by atoms with van der Waals surface area (Å²) in [5.41, 5.74) is 0. The van der Waals surface area contributed by atoms with Crippen LogP contribution < -0.4 is 5.32 Å². The van der Waals surface area contributed by atoms with Crippen LogP contribution in [-0.4, -0.2) is 31.0 Å². The number of hydrogen-bond donors (Lipinski definition) is 2. The lowest BCUT2D eigenvalue weighted by molar-refractivity contribution is 0.0280. The Kier molecular flexibility index (Phi) is 4.78. The van der Waals surface area contributed by atoms with Crippen LogP contribution in [-0.2, 0) is 11.3 Å². The minimum absolute atomic E-state index is 0.169. The normalized spacial score (nSPS) is 23.2. The summed E-state index contributed by atoms with van der Waals surface area (Å²) in [5.74, 6) is 0.457. The van der Waals surface area contributed by atoms with Gasteiger partial charge in [-0.3, -0.25) is 0 Å². The summed E-state index contributed by atoms with van der Waals surface area (Å²) >= 11 is 1.75. The molecule has 1 saturated heterocycles. The number of thiophene rings is 1. The maximum absolute atomic E-state index is 9.39. The van der Waals surface area contributed by atoms with Gasteiger partial charge in [-0.15, -0.1) is 11.3 Å². The lowest BCUT2D eigenvalue weighted by Crippen LogP contribution is -2.42. The fourth-order valence-corrected chi connectivity index (χ4v) is 2.76. The third-order valence-corrected chi connectivity index (χ3v) is 3.96. The van der Waals surface area contributed by atoms with Crippen LogP contribution in [0.25, 0.3) is 0 Å². The van der Waals surface area contributed by atoms with Gasteiger partial charge in [0.25, 0.3) is 0 Å². The van der Waals surface area contributed by atoms with Crippen molar-refractivity contribution in [3.8, 4) is 0 Å². The lowest BCUT2D eigenvalue weighted by atomic mass is 9.94. The highest BCUT2D eigenvalue weighted by Gasteiger charge is 2.23. The fourth-order valence-electron chi connectivity index (χ4n) is 2.11. The highest BCUT2D eigenvalue weighted by Crippen LogP contribution is 2.18. The molecule has 1 aliphatic rings. The van der Waals surface area contributed by atoms with E-state index in [9.17, 15) is 5.11 Å². The average Bonchev–Trinajstić information content (AvgIpc) is 2.84. The molecule has 2 rings (SSSR count). The van der Waals surface area contributed by atoms with E-state index in [4.69, 9.17) is 4.74 Å². The second kappa shape index (κ2) is 6.35. The molecule has 2 N–H and O–H groups in total. The molecule has 90 valence electrons. The van der Waals surface area contributed by atoms with Crippen molar-refractivity contribution >= 4 is 11.3 Å². The quantitative estimate of drug-likeness (QED) is 0.823. The van der Waals surface area contributed by atoms with Crippen molar-refractivity contribution < 1.29 is 9.84 Å². The van der Waals surface area contributed by atoms with E-state index in [0.29, 0.717) is 5.92 Å². The molecule has 0 amide bonds. The van der Waals surface area contributed by atoms with Crippen LogP contribution in [0.1, 0.15) is 17.7 Å². The van der Waals surface area contributed by atoms with Gasteiger partial charge in [0.15, 0.2) is 0 Å². The van der Waals surface area contributed by atoms with Crippen molar-refractivity contribution in [2.75, 3.05) is 19.8 Å². The number of ether oxygens (including phenoxy) is 1. The van der Waals surface area contributed by atoms with Gasteiger partial charge < -0.3 is 15.2 Å². The summed E-state index contributed by atoms with van der Waals surface area (Å²) in [5, 5.41) is 14.9. The summed E-state index contributed by atoms with van der Waals surface area (Å²) in [4.78, 5) is 1.31. The van der Waals surface area contributed by atoms with Crippen LogP contribution in [0, 0.1) is 5.92 Å². The summed E-state index contributed by atoms with van der Waals surface area (Å²) in [6, 6.07) is 4.34. The molecule has 0 bridgehead atoms. The summed E-state index contributed by atoms with van der Waals surface area (Å²) in [7, 11) is 0. The molecule has 2 atom stereocenters. The second-order valence-corrected chi connectivity index (χ2v) is 5.26. The fraction of sp³-hybridized carbons (Fsp3) is 0.667. The van der Waals surface area contributed by atoms with E-state index < -0.39 is 0 Å². The number of nitrogens with one attached hydrogen (secondary N) is 1. The molecule has 3 nitrogen and oxygen atoms in total. The Morgan fingerprint density at radius 3 is 3.19 bits per heavy atom. The molecular formula is C12H19NO2S. The maximum Gasteiger partial charge on any atom is 0.0588 e. The first-order valence-electron chi connectivity index (χ1n) is 5.84. The number of aliphatic hydroxyl groups excluding tert-OH is 1. The number of rotatable bonds is 5. The van der Waals surface area contributed by atoms with Crippen molar-refractivity contribution in [2.24, 2.45) is 5.92 Å². The highest BCUT2D eigenvalue weighted by atomic mass is 32.1. The molecule has 2 unspecified atom stereocenters. The predicted octanol–water partition coefficient (Wildman–Crippen LogP) is 1.63. The molecule has 0 saturated carbocycles. The topological polar surface area (TPSA) is 41.5 Å².